The van der Waals surface area contributed by atoms with Crippen molar-refractivity contribution in [1.29, 1.82) is 0 Å². The van der Waals surface area contributed by atoms with Crippen LogP contribution in [0.4, 0.5) is 10.5 Å². The molecule has 0 aliphatic carbocycles. The van der Waals surface area contributed by atoms with Gasteiger partial charge in [-0.3, -0.25) is 5.43 Å². The average molecular weight is 275 g/mol. The highest BCUT2D eigenvalue weighted by Crippen LogP contribution is 2.21. The maximum Gasteiger partial charge on any atom is 0.333 e. The van der Waals surface area contributed by atoms with E-state index in [-0.39, 0.29) is 6.03 Å². The van der Waals surface area contributed by atoms with Crippen molar-refractivity contribution in [2.24, 2.45) is 0 Å². The zero-order chi connectivity index (χ0) is 14.7. The summed E-state index contributed by atoms with van der Waals surface area (Å²) in [4.78, 5) is 12.2. The molecule has 0 radical (unpaired) electrons. The summed E-state index contributed by atoms with van der Waals surface area (Å²) < 4.78 is 0. The molecule has 1 aromatic rings. The second-order valence-corrected chi connectivity index (χ2v) is 5.87. The molecule has 0 unspecified atom stereocenters. The Bertz CT molecular complexity index is 456. The van der Waals surface area contributed by atoms with Gasteiger partial charge in [-0.1, -0.05) is 24.6 Å². The fourth-order valence-corrected chi connectivity index (χ4v) is 2.91. The van der Waals surface area contributed by atoms with Crippen molar-refractivity contribution in [3.05, 3.63) is 29.3 Å². The van der Waals surface area contributed by atoms with Crippen molar-refractivity contribution in [3.8, 4) is 0 Å². The molecule has 1 aromatic carbocycles. The number of carbonyl (C=O) groups is 1. The Morgan fingerprint density at radius 3 is 2.25 bits per heavy atom. The number of hydrogen-bond donors (Lipinski definition) is 2. The van der Waals surface area contributed by atoms with Crippen LogP contribution in [0.2, 0.25) is 0 Å². The fourth-order valence-electron chi connectivity index (χ4n) is 2.91. The Morgan fingerprint density at radius 1 is 1.15 bits per heavy atom. The molecule has 0 aromatic heterocycles. The Morgan fingerprint density at radius 2 is 1.70 bits per heavy atom. The largest absolute Gasteiger partial charge is 0.333 e. The third-order valence-electron chi connectivity index (χ3n) is 4.14. The lowest BCUT2D eigenvalue weighted by molar-refractivity contribution is 0.0625. The van der Waals surface area contributed by atoms with Crippen molar-refractivity contribution in [2.75, 3.05) is 5.32 Å². The van der Waals surface area contributed by atoms with Gasteiger partial charge in [0.25, 0.3) is 0 Å². The summed E-state index contributed by atoms with van der Waals surface area (Å²) in [6.45, 7) is 8.34. The number of carbonyl (C=O) groups excluding carboxylic acids is 1. The van der Waals surface area contributed by atoms with E-state index >= 15 is 0 Å². The number of benzene rings is 1. The molecule has 20 heavy (non-hydrogen) atoms. The fraction of sp³-hybridized carbons (Fsp3) is 0.562. The van der Waals surface area contributed by atoms with Crippen LogP contribution in [0.25, 0.3) is 0 Å². The molecule has 4 heteroatoms. The molecular weight excluding hydrogens is 250 g/mol. The van der Waals surface area contributed by atoms with Crippen LogP contribution in [-0.4, -0.2) is 23.1 Å². The standard InChI is InChI=1S/C16H25N3O/c1-11-7-5-8-12(2)15(11)17-16(20)18-19-13(3)9-6-10-14(19)4/h5,7-8,13-14H,6,9-10H2,1-4H3,(H2,17,18,20)/t13-,14-/m1/s1. The first-order valence-corrected chi connectivity index (χ1v) is 7.41. The number of nitrogens with one attached hydrogen (secondary N) is 2. The Labute approximate surface area is 121 Å². The van der Waals surface area contributed by atoms with Crippen LogP contribution in [0.15, 0.2) is 18.2 Å². The molecule has 2 amide bonds. The van der Waals surface area contributed by atoms with Gasteiger partial charge in [0.1, 0.15) is 0 Å². The molecule has 2 N–H and O–H groups in total. The Kier molecular flexibility index (Phi) is 4.65. The molecule has 0 spiro atoms. The Balaban J connectivity index is 2.02. The van der Waals surface area contributed by atoms with E-state index in [0.29, 0.717) is 12.1 Å². The van der Waals surface area contributed by atoms with Gasteiger partial charge in [-0.15, -0.1) is 0 Å². The number of urea groups is 1. The third kappa shape index (κ3) is 3.31. The molecule has 0 bridgehead atoms. The number of hydrazine groups is 1. The van der Waals surface area contributed by atoms with E-state index in [9.17, 15) is 4.79 Å². The number of rotatable bonds is 2. The zero-order valence-corrected chi connectivity index (χ0v) is 12.9. The molecule has 1 fully saturated rings. The van der Waals surface area contributed by atoms with Crippen molar-refractivity contribution in [2.45, 2.75) is 59.0 Å². The number of piperidine rings is 1. The average Bonchev–Trinajstić information content (AvgIpc) is 2.39. The lowest BCUT2D eigenvalue weighted by Crippen LogP contribution is -2.55. The van der Waals surface area contributed by atoms with Crippen molar-refractivity contribution in [1.82, 2.24) is 10.4 Å². The summed E-state index contributed by atoms with van der Waals surface area (Å²) in [5, 5.41) is 5.05. The quantitative estimate of drug-likeness (QED) is 0.866. The first kappa shape index (κ1) is 14.9. The van der Waals surface area contributed by atoms with Crippen molar-refractivity contribution < 1.29 is 4.79 Å². The molecule has 1 saturated heterocycles. The maximum atomic E-state index is 12.2. The minimum atomic E-state index is -0.150. The minimum Gasteiger partial charge on any atom is -0.306 e. The van der Waals surface area contributed by atoms with Gasteiger partial charge in [-0.25, -0.2) is 9.80 Å². The van der Waals surface area contributed by atoms with Crippen LogP contribution < -0.4 is 10.7 Å². The molecule has 2 atom stereocenters. The van der Waals surface area contributed by atoms with Crippen LogP contribution in [0, 0.1) is 13.8 Å². The summed E-state index contributed by atoms with van der Waals surface area (Å²) in [5.41, 5.74) is 6.08. The van der Waals surface area contributed by atoms with E-state index in [4.69, 9.17) is 0 Å². The number of amides is 2. The molecular formula is C16H25N3O. The SMILES string of the molecule is Cc1cccc(C)c1NC(=O)NN1[C@H](C)CCC[C@H]1C. The van der Waals surface area contributed by atoms with E-state index < -0.39 is 0 Å². The normalized spacial score (nSPS) is 23.4. The van der Waals surface area contributed by atoms with Crippen LogP contribution in [0.3, 0.4) is 0 Å². The molecule has 4 nitrogen and oxygen atoms in total. The lowest BCUT2D eigenvalue weighted by Gasteiger charge is -2.38. The number of para-hydroxylation sites is 1. The van der Waals surface area contributed by atoms with Crippen LogP contribution in [0.1, 0.15) is 44.2 Å². The minimum absolute atomic E-state index is 0.150. The van der Waals surface area contributed by atoms with Crippen LogP contribution >= 0.6 is 0 Å². The van der Waals surface area contributed by atoms with Gasteiger partial charge in [-0.05, 0) is 51.7 Å². The third-order valence-corrected chi connectivity index (χ3v) is 4.14. The van der Waals surface area contributed by atoms with Crippen LogP contribution in [0.5, 0.6) is 0 Å². The topological polar surface area (TPSA) is 44.4 Å². The van der Waals surface area contributed by atoms with Gasteiger partial charge in [0.05, 0.1) is 0 Å². The summed E-state index contributed by atoms with van der Waals surface area (Å²) in [6.07, 6.45) is 3.50. The van der Waals surface area contributed by atoms with Crippen LogP contribution in [-0.2, 0) is 0 Å². The van der Waals surface area contributed by atoms with E-state index in [0.717, 1.165) is 29.7 Å². The number of nitrogens with zero attached hydrogens (tertiary/aromatic N) is 1. The summed E-state index contributed by atoms with van der Waals surface area (Å²) in [5.74, 6) is 0. The first-order valence-electron chi connectivity index (χ1n) is 7.41. The molecule has 1 heterocycles. The second-order valence-electron chi connectivity index (χ2n) is 5.87. The van der Waals surface area contributed by atoms with Gasteiger partial charge in [0, 0.05) is 17.8 Å². The van der Waals surface area contributed by atoms with E-state index in [1.807, 2.05) is 32.0 Å². The molecule has 0 saturated carbocycles. The summed E-state index contributed by atoms with van der Waals surface area (Å²) in [6, 6.07) is 6.65. The van der Waals surface area contributed by atoms with Gasteiger partial charge < -0.3 is 5.32 Å². The van der Waals surface area contributed by atoms with Gasteiger partial charge in [0.15, 0.2) is 0 Å². The van der Waals surface area contributed by atoms with Crippen molar-refractivity contribution in [3.63, 3.8) is 0 Å². The molecule has 110 valence electrons. The molecule has 1 aliphatic rings. The molecule has 2 rings (SSSR count). The Hall–Kier alpha value is -1.55. The number of hydrogen-bond acceptors (Lipinski definition) is 2. The lowest BCUT2D eigenvalue weighted by atomic mass is 10.00. The highest BCUT2D eigenvalue weighted by Gasteiger charge is 2.26. The van der Waals surface area contributed by atoms with Gasteiger partial charge in [0.2, 0.25) is 0 Å². The van der Waals surface area contributed by atoms with Crippen molar-refractivity contribution >= 4 is 11.7 Å². The predicted molar refractivity (Wildman–Crippen MR) is 82.7 cm³/mol. The highest BCUT2D eigenvalue weighted by molar-refractivity contribution is 5.90. The smallest absolute Gasteiger partial charge is 0.306 e. The number of aryl methyl sites for hydroxylation is 2. The van der Waals surface area contributed by atoms with E-state index in [1.165, 1.54) is 6.42 Å². The number of anilines is 1. The summed E-state index contributed by atoms with van der Waals surface area (Å²) in [7, 11) is 0. The zero-order valence-electron chi connectivity index (χ0n) is 12.9. The second kappa shape index (κ2) is 6.27. The first-order chi connectivity index (χ1) is 9.49. The van der Waals surface area contributed by atoms with E-state index in [1.54, 1.807) is 0 Å². The van der Waals surface area contributed by atoms with Gasteiger partial charge in [-0.2, -0.15) is 0 Å². The van der Waals surface area contributed by atoms with Gasteiger partial charge >= 0.3 is 6.03 Å². The predicted octanol–water partition coefficient (Wildman–Crippen LogP) is 3.60. The molecule has 1 aliphatic heterocycles. The van der Waals surface area contributed by atoms with E-state index in [2.05, 4.69) is 29.6 Å². The maximum absolute atomic E-state index is 12.2. The monoisotopic (exact) mass is 275 g/mol. The summed E-state index contributed by atoms with van der Waals surface area (Å²) >= 11 is 0. The highest BCUT2D eigenvalue weighted by atomic mass is 16.2.